The lowest BCUT2D eigenvalue weighted by atomic mass is 10.0. The molecule has 1 saturated heterocycles. The number of carbonyl (C=O) groups excluding carboxylic acids is 1. The van der Waals surface area contributed by atoms with Crippen LogP contribution >= 0.6 is 0 Å². The third kappa shape index (κ3) is 2.38. The SMILES string of the molecule is CC(CN)CC(=O)N1CCOC2CCCC21. The van der Waals surface area contributed by atoms with E-state index >= 15 is 0 Å². The Morgan fingerprint density at radius 3 is 3.12 bits per heavy atom. The van der Waals surface area contributed by atoms with Crippen LogP contribution in [0.25, 0.3) is 0 Å². The van der Waals surface area contributed by atoms with E-state index in [1.54, 1.807) is 0 Å². The van der Waals surface area contributed by atoms with Crippen LogP contribution in [0.5, 0.6) is 0 Å². The molecule has 1 heterocycles. The number of rotatable bonds is 3. The molecule has 1 aliphatic heterocycles. The van der Waals surface area contributed by atoms with Gasteiger partial charge < -0.3 is 15.4 Å². The quantitative estimate of drug-likeness (QED) is 0.772. The van der Waals surface area contributed by atoms with Gasteiger partial charge in [0.15, 0.2) is 0 Å². The van der Waals surface area contributed by atoms with E-state index in [0.29, 0.717) is 31.7 Å². The molecule has 4 heteroatoms. The summed E-state index contributed by atoms with van der Waals surface area (Å²) in [7, 11) is 0. The minimum Gasteiger partial charge on any atom is -0.374 e. The number of amides is 1. The zero-order valence-electron chi connectivity index (χ0n) is 10.0. The Bertz CT molecular complexity index is 257. The van der Waals surface area contributed by atoms with Crippen LogP contribution in [0.2, 0.25) is 0 Å². The van der Waals surface area contributed by atoms with Crippen molar-refractivity contribution in [2.24, 2.45) is 11.7 Å². The minimum atomic E-state index is 0.262. The number of hydrogen-bond acceptors (Lipinski definition) is 3. The van der Waals surface area contributed by atoms with Crippen molar-refractivity contribution in [2.75, 3.05) is 19.7 Å². The number of hydrogen-bond donors (Lipinski definition) is 1. The molecule has 92 valence electrons. The van der Waals surface area contributed by atoms with Gasteiger partial charge in [-0.3, -0.25) is 4.79 Å². The smallest absolute Gasteiger partial charge is 0.223 e. The average molecular weight is 226 g/mol. The Morgan fingerprint density at radius 2 is 2.38 bits per heavy atom. The summed E-state index contributed by atoms with van der Waals surface area (Å²) >= 11 is 0. The van der Waals surface area contributed by atoms with E-state index in [0.717, 1.165) is 19.4 Å². The molecular weight excluding hydrogens is 204 g/mol. The fraction of sp³-hybridized carbons (Fsp3) is 0.917. The number of morpholine rings is 1. The Morgan fingerprint density at radius 1 is 1.56 bits per heavy atom. The molecule has 1 aliphatic carbocycles. The van der Waals surface area contributed by atoms with Gasteiger partial charge in [-0.2, -0.15) is 0 Å². The fourth-order valence-electron chi connectivity index (χ4n) is 2.73. The molecule has 3 atom stereocenters. The van der Waals surface area contributed by atoms with Crippen LogP contribution in [0.15, 0.2) is 0 Å². The molecule has 2 fully saturated rings. The number of ether oxygens (including phenoxy) is 1. The van der Waals surface area contributed by atoms with Gasteiger partial charge in [0.2, 0.25) is 5.91 Å². The molecule has 16 heavy (non-hydrogen) atoms. The molecule has 3 unspecified atom stereocenters. The van der Waals surface area contributed by atoms with Crippen LogP contribution in [0.4, 0.5) is 0 Å². The van der Waals surface area contributed by atoms with Gasteiger partial charge >= 0.3 is 0 Å². The Hall–Kier alpha value is -0.610. The van der Waals surface area contributed by atoms with Gasteiger partial charge in [-0.15, -0.1) is 0 Å². The molecule has 2 aliphatic rings. The minimum absolute atomic E-state index is 0.262. The highest BCUT2D eigenvalue weighted by Gasteiger charge is 2.38. The van der Waals surface area contributed by atoms with E-state index in [9.17, 15) is 4.79 Å². The summed E-state index contributed by atoms with van der Waals surface area (Å²) in [4.78, 5) is 14.2. The van der Waals surface area contributed by atoms with Crippen molar-refractivity contribution in [2.45, 2.75) is 44.8 Å². The number of nitrogens with two attached hydrogens (primary N) is 1. The van der Waals surface area contributed by atoms with E-state index in [4.69, 9.17) is 10.5 Å². The molecule has 1 saturated carbocycles. The third-order valence-corrected chi connectivity index (χ3v) is 3.73. The van der Waals surface area contributed by atoms with Crippen molar-refractivity contribution in [1.82, 2.24) is 4.90 Å². The molecule has 4 nitrogen and oxygen atoms in total. The summed E-state index contributed by atoms with van der Waals surface area (Å²) in [6, 6.07) is 0.339. The Labute approximate surface area is 97.1 Å². The monoisotopic (exact) mass is 226 g/mol. The van der Waals surface area contributed by atoms with Gasteiger partial charge in [-0.1, -0.05) is 6.92 Å². The maximum atomic E-state index is 12.1. The lowest BCUT2D eigenvalue weighted by Gasteiger charge is -2.38. The molecule has 1 amide bonds. The van der Waals surface area contributed by atoms with Crippen LogP contribution in [0, 0.1) is 5.92 Å². The summed E-state index contributed by atoms with van der Waals surface area (Å²) in [5, 5.41) is 0. The molecule has 0 spiro atoms. The Kier molecular flexibility index (Phi) is 3.82. The normalized spacial score (nSPS) is 31.2. The zero-order chi connectivity index (χ0) is 11.5. The van der Waals surface area contributed by atoms with Crippen molar-refractivity contribution in [3.05, 3.63) is 0 Å². The van der Waals surface area contributed by atoms with E-state index in [1.165, 1.54) is 6.42 Å². The van der Waals surface area contributed by atoms with E-state index in [-0.39, 0.29) is 11.8 Å². The molecule has 0 bridgehead atoms. The maximum absolute atomic E-state index is 12.1. The van der Waals surface area contributed by atoms with Crippen LogP contribution in [-0.4, -0.2) is 42.6 Å². The second-order valence-corrected chi connectivity index (χ2v) is 5.04. The second-order valence-electron chi connectivity index (χ2n) is 5.04. The molecule has 0 aromatic carbocycles. The van der Waals surface area contributed by atoms with Gasteiger partial charge in [0.1, 0.15) is 0 Å². The van der Waals surface area contributed by atoms with Gasteiger partial charge in [0, 0.05) is 13.0 Å². The van der Waals surface area contributed by atoms with Crippen LogP contribution in [-0.2, 0) is 9.53 Å². The first-order chi connectivity index (χ1) is 7.72. The van der Waals surface area contributed by atoms with Crippen molar-refractivity contribution < 1.29 is 9.53 Å². The largest absolute Gasteiger partial charge is 0.374 e. The van der Waals surface area contributed by atoms with E-state index in [2.05, 4.69) is 0 Å². The summed E-state index contributed by atoms with van der Waals surface area (Å²) in [6.45, 7) is 4.08. The highest BCUT2D eigenvalue weighted by molar-refractivity contribution is 5.77. The lowest BCUT2D eigenvalue weighted by molar-refractivity contribution is -0.144. The van der Waals surface area contributed by atoms with E-state index < -0.39 is 0 Å². The summed E-state index contributed by atoms with van der Waals surface area (Å²) in [6.07, 6.45) is 4.28. The van der Waals surface area contributed by atoms with Crippen LogP contribution in [0.3, 0.4) is 0 Å². The molecule has 0 aromatic heterocycles. The van der Waals surface area contributed by atoms with Gasteiger partial charge in [-0.05, 0) is 31.7 Å². The topological polar surface area (TPSA) is 55.6 Å². The summed E-state index contributed by atoms with van der Waals surface area (Å²) < 4.78 is 5.70. The zero-order valence-corrected chi connectivity index (χ0v) is 10.0. The molecule has 2 rings (SSSR count). The van der Waals surface area contributed by atoms with Crippen LogP contribution in [0.1, 0.15) is 32.6 Å². The first kappa shape index (κ1) is 11.9. The molecular formula is C12H22N2O2. The third-order valence-electron chi connectivity index (χ3n) is 3.73. The first-order valence-electron chi connectivity index (χ1n) is 6.33. The highest BCUT2D eigenvalue weighted by Crippen LogP contribution is 2.30. The lowest BCUT2D eigenvalue weighted by Crippen LogP contribution is -2.51. The summed E-state index contributed by atoms with van der Waals surface area (Å²) in [5.74, 6) is 0.549. The molecule has 0 radical (unpaired) electrons. The van der Waals surface area contributed by atoms with Gasteiger partial charge in [0.05, 0.1) is 18.8 Å². The van der Waals surface area contributed by atoms with Crippen molar-refractivity contribution in [3.8, 4) is 0 Å². The van der Waals surface area contributed by atoms with Gasteiger partial charge in [-0.25, -0.2) is 0 Å². The van der Waals surface area contributed by atoms with Crippen LogP contribution < -0.4 is 5.73 Å². The molecule has 2 N–H and O–H groups in total. The predicted octanol–water partition coefficient (Wildman–Crippen LogP) is 0.751. The highest BCUT2D eigenvalue weighted by atomic mass is 16.5. The standard InChI is InChI=1S/C12H22N2O2/c1-9(8-13)7-12(15)14-5-6-16-11-4-2-3-10(11)14/h9-11H,2-8,13H2,1H3. The number of fused-ring (bicyclic) bond motifs is 1. The summed E-state index contributed by atoms with van der Waals surface area (Å²) in [5.41, 5.74) is 5.56. The average Bonchev–Trinajstić information content (AvgIpc) is 2.76. The predicted molar refractivity (Wildman–Crippen MR) is 61.9 cm³/mol. The maximum Gasteiger partial charge on any atom is 0.223 e. The Balaban J connectivity index is 1.94. The number of carbonyl (C=O) groups is 1. The molecule has 0 aromatic rings. The van der Waals surface area contributed by atoms with Crippen molar-refractivity contribution in [3.63, 3.8) is 0 Å². The second kappa shape index (κ2) is 5.15. The number of nitrogens with zero attached hydrogens (tertiary/aromatic N) is 1. The van der Waals surface area contributed by atoms with Crippen molar-refractivity contribution >= 4 is 5.91 Å². The first-order valence-corrected chi connectivity index (χ1v) is 6.33. The van der Waals surface area contributed by atoms with E-state index in [1.807, 2.05) is 11.8 Å². The fourth-order valence-corrected chi connectivity index (χ4v) is 2.73. The van der Waals surface area contributed by atoms with Gasteiger partial charge in [0.25, 0.3) is 0 Å². The van der Waals surface area contributed by atoms with Crippen molar-refractivity contribution in [1.29, 1.82) is 0 Å².